The van der Waals surface area contributed by atoms with Crippen LogP contribution in [-0.4, -0.2) is 41.7 Å². The van der Waals surface area contributed by atoms with Gasteiger partial charge >= 0.3 is 5.97 Å². The van der Waals surface area contributed by atoms with Gasteiger partial charge in [-0.15, -0.1) is 0 Å². The van der Waals surface area contributed by atoms with Gasteiger partial charge < -0.3 is 4.74 Å². The first-order chi connectivity index (χ1) is 14.9. The average molecular weight is 440 g/mol. The minimum atomic E-state index is -3.63. The Hall–Kier alpha value is -2.84. The summed E-state index contributed by atoms with van der Waals surface area (Å²) >= 11 is 0. The number of carbonyl (C=O) groups excluding carboxylic acids is 1. The molecule has 0 spiro atoms. The zero-order valence-electron chi connectivity index (χ0n) is 17.7. The SMILES string of the molecule is Cc1ccc(S(=O)(=O)N2CCCCC2)cc1C(=O)OCc1nc2ccccc2nc1C. The van der Waals surface area contributed by atoms with E-state index in [2.05, 4.69) is 9.97 Å². The molecule has 0 bridgehead atoms. The number of piperidine rings is 1. The van der Waals surface area contributed by atoms with E-state index in [0.717, 1.165) is 30.3 Å². The van der Waals surface area contributed by atoms with Crippen LogP contribution in [0.2, 0.25) is 0 Å². The minimum Gasteiger partial charge on any atom is -0.455 e. The average Bonchev–Trinajstić information content (AvgIpc) is 2.78. The van der Waals surface area contributed by atoms with Crippen LogP contribution >= 0.6 is 0 Å². The highest BCUT2D eigenvalue weighted by molar-refractivity contribution is 7.89. The van der Waals surface area contributed by atoms with E-state index in [0.29, 0.717) is 30.0 Å². The molecule has 31 heavy (non-hydrogen) atoms. The number of nitrogens with zero attached hydrogens (tertiary/aromatic N) is 3. The lowest BCUT2D eigenvalue weighted by Gasteiger charge is -2.26. The summed E-state index contributed by atoms with van der Waals surface area (Å²) in [6, 6.07) is 12.1. The van der Waals surface area contributed by atoms with Crippen LogP contribution in [0.25, 0.3) is 11.0 Å². The molecule has 3 aromatic rings. The van der Waals surface area contributed by atoms with Crippen LogP contribution in [0.3, 0.4) is 0 Å². The van der Waals surface area contributed by atoms with Crippen molar-refractivity contribution in [3.05, 3.63) is 65.0 Å². The van der Waals surface area contributed by atoms with Gasteiger partial charge in [-0.3, -0.25) is 0 Å². The molecule has 0 saturated carbocycles. The second-order valence-electron chi connectivity index (χ2n) is 7.76. The second-order valence-corrected chi connectivity index (χ2v) is 9.70. The first kappa shape index (κ1) is 21.4. The van der Waals surface area contributed by atoms with Gasteiger partial charge in [0.2, 0.25) is 10.0 Å². The van der Waals surface area contributed by atoms with E-state index < -0.39 is 16.0 Å². The fourth-order valence-electron chi connectivity index (χ4n) is 3.71. The van der Waals surface area contributed by atoms with Crippen LogP contribution < -0.4 is 0 Å². The number of sulfonamides is 1. The van der Waals surface area contributed by atoms with Gasteiger partial charge in [0.15, 0.2) is 0 Å². The maximum atomic E-state index is 13.0. The highest BCUT2D eigenvalue weighted by Gasteiger charge is 2.27. The zero-order valence-corrected chi connectivity index (χ0v) is 18.5. The summed E-state index contributed by atoms with van der Waals surface area (Å²) in [5.74, 6) is -0.581. The molecule has 0 N–H and O–H groups in total. The molecule has 1 saturated heterocycles. The maximum absolute atomic E-state index is 13.0. The number of rotatable bonds is 5. The maximum Gasteiger partial charge on any atom is 0.338 e. The van der Waals surface area contributed by atoms with Gasteiger partial charge in [0.05, 0.1) is 32.9 Å². The van der Waals surface area contributed by atoms with Crippen molar-refractivity contribution in [1.82, 2.24) is 14.3 Å². The van der Waals surface area contributed by atoms with Crippen LogP contribution in [0.15, 0.2) is 47.4 Å². The van der Waals surface area contributed by atoms with Gasteiger partial charge in [0.25, 0.3) is 0 Å². The lowest BCUT2D eigenvalue weighted by Crippen LogP contribution is -2.35. The number of hydrogen-bond donors (Lipinski definition) is 0. The van der Waals surface area contributed by atoms with Crippen molar-refractivity contribution in [2.24, 2.45) is 0 Å². The van der Waals surface area contributed by atoms with Crippen LogP contribution in [-0.2, 0) is 21.4 Å². The molecule has 2 heterocycles. The number of carbonyl (C=O) groups is 1. The Bertz CT molecular complexity index is 1230. The van der Waals surface area contributed by atoms with E-state index in [-0.39, 0.29) is 17.1 Å². The highest BCUT2D eigenvalue weighted by Crippen LogP contribution is 2.23. The Kier molecular flexibility index (Phi) is 6.02. The van der Waals surface area contributed by atoms with Crippen molar-refractivity contribution in [2.45, 2.75) is 44.6 Å². The number of para-hydroxylation sites is 2. The van der Waals surface area contributed by atoms with E-state index in [1.165, 1.54) is 10.4 Å². The normalized spacial score (nSPS) is 15.2. The Morgan fingerprint density at radius 1 is 1.00 bits per heavy atom. The molecule has 1 aromatic heterocycles. The summed E-state index contributed by atoms with van der Waals surface area (Å²) in [5, 5.41) is 0. The summed E-state index contributed by atoms with van der Waals surface area (Å²) < 4.78 is 32.9. The number of esters is 1. The molecule has 0 amide bonds. The van der Waals surface area contributed by atoms with Gasteiger partial charge in [-0.05, 0) is 56.5 Å². The summed E-state index contributed by atoms with van der Waals surface area (Å²) in [7, 11) is -3.63. The summed E-state index contributed by atoms with van der Waals surface area (Å²) in [6.45, 7) is 4.56. The molecule has 0 unspecified atom stereocenters. The smallest absolute Gasteiger partial charge is 0.338 e. The largest absolute Gasteiger partial charge is 0.455 e. The van der Waals surface area contributed by atoms with E-state index in [1.807, 2.05) is 31.2 Å². The Morgan fingerprint density at radius 3 is 2.39 bits per heavy atom. The standard InChI is InChI=1S/C23H25N3O4S/c1-16-10-11-18(31(28,29)26-12-6-3-7-13-26)14-19(16)23(27)30-15-22-17(2)24-20-8-4-5-9-21(20)25-22/h4-5,8-11,14H,3,6-7,12-13,15H2,1-2H3. The topological polar surface area (TPSA) is 89.5 Å². The molecule has 0 atom stereocenters. The van der Waals surface area contributed by atoms with Gasteiger partial charge in [-0.25, -0.2) is 23.2 Å². The first-order valence-electron chi connectivity index (χ1n) is 10.4. The highest BCUT2D eigenvalue weighted by atomic mass is 32.2. The summed E-state index contributed by atoms with van der Waals surface area (Å²) in [6.07, 6.45) is 2.74. The molecule has 0 aliphatic carbocycles. The van der Waals surface area contributed by atoms with Gasteiger partial charge in [0.1, 0.15) is 6.61 Å². The van der Waals surface area contributed by atoms with Crippen molar-refractivity contribution in [3.63, 3.8) is 0 Å². The van der Waals surface area contributed by atoms with Crippen LogP contribution in [0.4, 0.5) is 0 Å². The van der Waals surface area contributed by atoms with Crippen LogP contribution in [0.5, 0.6) is 0 Å². The molecule has 0 radical (unpaired) electrons. The Labute approximate surface area is 182 Å². The fraction of sp³-hybridized carbons (Fsp3) is 0.348. The molecule has 1 fully saturated rings. The number of ether oxygens (including phenoxy) is 1. The Morgan fingerprint density at radius 2 is 1.68 bits per heavy atom. The molecule has 8 heteroatoms. The molecular formula is C23H25N3O4S. The van der Waals surface area contributed by atoms with E-state index in [4.69, 9.17) is 4.74 Å². The number of aromatic nitrogens is 2. The third-order valence-electron chi connectivity index (χ3n) is 5.56. The van der Waals surface area contributed by atoms with Crippen molar-refractivity contribution < 1.29 is 17.9 Å². The molecule has 1 aliphatic heterocycles. The van der Waals surface area contributed by atoms with Crippen molar-refractivity contribution in [2.75, 3.05) is 13.1 Å². The lowest BCUT2D eigenvalue weighted by atomic mass is 10.1. The predicted molar refractivity (Wildman–Crippen MR) is 117 cm³/mol. The van der Waals surface area contributed by atoms with Crippen LogP contribution in [0.1, 0.15) is 46.6 Å². The molecule has 162 valence electrons. The molecule has 4 rings (SSSR count). The molecule has 2 aromatic carbocycles. The lowest BCUT2D eigenvalue weighted by molar-refractivity contribution is 0.0466. The Balaban J connectivity index is 1.55. The monoisotopic (exact) mass is 439 g/mol. The molecular weight excluding hydrogens is 414 g/mol. The summed E-state index contributed by atoms with van der Waals surface area (Å²) in [5.41, 5.74) is 3.66. The van der Waals surface area contributed by atoms with Crippen molar-refractivity contribution >= 4 is 27.0 Å². The quantitative estimate of drug-likeness (QED) is 0.562. The summed E-state index contributed by atoms with van der Waals surface area (Å²) in [4.78, 5) is 22.0. The number of aryl methyl sites for hydroxylation is 2. The van der Waals surface area contributed by atoms with E-state index in [1.54, 1.807) is 19.1 Å². The minimum absolute atomic E-state index is 0.0367. The van der Waals surface area contributed by atoms with Crippen molar-refractivity contribution in [3.8, 4) is 0 Å². The number of hydrogen-bond acceptors (Lipinski definition) is 6. The van der Waals surface area contributed by atoms with Crippen molar-refractivity contribution in [1.29, 1.82) is 0 Å². The van der Waals surface area contributed by atoms with Gasteiger partial charge in [-0.1, -0.05) is 24.6 Å². The van der Waals surface area contributed by atoms with Crippen LogP contribution in [0, 0.1) is 13.8 Å². The molecule has 7 nitrogen and oxygen atoms in total. The number of fused-ring (bicyclic) bond motifs is 1. The second kappa shape index (κ2) is 8.72. The predicted octanol–water partition coefficient (Wildman–Crippen LogP) is 3.78. The van der Waals surface area contributed by atoms with Gasteiger partial charge in [-0.2, -0.15) is 4.31 Å². The third-order valence-corrected chi connectivity index (χ3v) is 7.46. The first-order valence-corrected chi connectivity index (χ1v) is 11.8. The zero-order chi connectivity index (χ0) is 22.0. The van der Waals surface area contributed by atoms with E-state index >= 15 is 0 Å². The van der Waals surface area contributed by atoms with E-state index in [9.17, 15) is 13.2 Å². The molecule has 1 aliphatic rings. The fourth-order valence-corrected chi connectivity index (χ4v) is 5.25. The van der Waals surface area contributed by atoms with Gasteiger partial charge in [0, 0.05) is 13.1 Å². The third kappa shape index (κ3) is 4.45. The number of benzene rings is 2.